The highest BCUT2D eigenvalue weighted by Gasteiger charge is 2.18. The minimum atomic E-state index is -0.405. The highest BCUT2D eigenvalue weighted by Crippen LogP contribution is 2.26. The lowest BCUT2D eigenvalue weighted by Gasteiger charge is -2.18. The fraction of sp³-hybridized carbons (Fsp3) is 0.235. The number of thiazole rings is 1. The summed E-state index contributed by atoms with van der Waals surface area (Å²) in [6, 6.07) is 18.2. The number of rotatable bonds is 4. The molecule has 2 atom stereocenters. The fourth-order valence-electron chi connectivity index (χ4n) is 2.34. The van der Waals surface area contributed by atoms with E-state index in [1.807, 2.05) is 36.4 Å². The van der Waals surface area contributed by atoms with Crippen molar-refractivity contribution in [3.63, 3.8) is 0 Å². The lowest BCUT2D eigenvalue weighted by molar-refractivity contribution is 0.149. The standard InChI is InChI=1S/C17H17NOS/c1-12(13-7-3-2-4-8-13)15(19)11-17-18-14-9-5-6-10-16(14)20-17/h2-10,12,15,19H,11H2,1H3. The second-order valence-electron chi connectivity index (χ2n) is 5.05. The second-order valence-corrected chi connectivity index (χ2v) is 6.16. The minimum absolute atomic E-state index is 0.114. The maximum Gasteiger partial charge on any atom is 0.0964 e. The van der Waals surface area contributed by atoms with E-state index in [9.17, 15) is 5.11 Å². The Hall–Kier alpha value is -1.71. The van der Waals surface area contributed by atoms with Gasteiger partial charge in [-0.1, -0.05) is 49.4 Å². The molecule has 1 N–H and O–H groups in total. The molecule has 0 saturated heterocycles. The molecule has 3 aromatic rings. The topological polar surface area (TPSA) is 33.1 Å². The maximum absolute atomic E-state index is 10.4. The third-order valence-electron chi connectivity index (χ3n) is 3.62. The molecule has 0 fully saturated rings. The van der Waals surface area contributed by atoms with E-state index in [0.29, 0.717) is 6.42 Å². The van der Waals surface area contributed by atoms with Gasteiger partial charge in [-0.15, -0.1) is 11.3 Å². The van der Waals surface area contributed by atoms with Crippen molar-refractivity contribution in [1.82, 2.24) is 4.98 Å². The van der Waals surface area contributed by atoms with Crippen molar-refractivity contribution in [2.24, 2.45) is 0 Å². The number of nitrogens with zero attached hydrogens (tertiary/aromatic N) is 1. The van der Waals surface area contributed by atoms with Gasteiger partial charge in [-0.05, 0) is 17.7 Å². The molecule has 0 aliphatic carbocycles. The molecular weight excluding hydrogens is 266 g/mol. The van der Waals surface area contributed by atoms with E-state index in [2.05, 4.69) is 30.1 Å². The zero-order valence-corrected chi connectivity index (χ0v) is 12.2. The van der Waals surface area contributed by atoms with Gasteiger partial charge in [0.25, 0.3) is 0 Å². The minimum Gasteiger partial charge on any atom is -0.392 e. The van der Waals surface area contributed by atoms with Crippen LogP contribution in [0.2, 0.25) is 0 Å². The van der Waals surface area contributed by atoms with Crippen LogP contribution < -0.4 is 0 Å². The molecular formula is C17H17NOS. The molecule has 0 saturated carbocycles. The molecule has 0 spiro atoms. The number of aromatic nitrogens is 1. The molecule has 1 aromatic heterocycles. The highest BCUT2D eigenvalue weighted by molar-refractivity contribution is 7.18. The van der Waals surface area contributed by atoms with Crippen LogP contribution in [0.4, 0.5) is 0 Å². The van der Waals surface area contributed by atoms with E-state index in [1.165, 1.54) is 10.3 Å². The first-order chi connectivity index (χ1) is 9.74. The van der Waals surface area contributed by atoms with Crippen molar-refractivity contribution in [3.8, 4) is 0 Å². The van der Waals surface area contributed by atoms with Crippen molar-refractivity contribution in [2.45, 2.75) is 25.4 Å². The molecule has 0 bridgehead atoms. The quantitative estimate of drug-likeness (QED) is 0.785. The van der Waals surface area contributed by atoms with Crippen LogP contribution in [0, 0.1) is 0 Å². The molecule has 2 aromatic carbocycles. The van der Waals surface area contributed by atoms with E-state index < -0.39 is 6.10 Å². The van der Waals surface area contributed by atoms with Crippen LogP contribution in [0.25, 0.3) is 10.2 Å². The maximum atomic E-state index is 10.4. The smallest absolute Gasteiger partial charge is 0.0964 e. The van der Waals surface area contributed by atoms with Crippen molar-refractivity contribution < 1.29 is 5.11 Å². The Labute approximate surface area is 122 Å². The van der Waals surface area contributed by atoms with Gasteiger partial charge in [0.2, 0.25) is 0 Å². The van der Waals surface area contributed by atoms with E-state index in [4.69, 9.17) is 0 Å². The predicted octanol–water partition coefficient (Wildman–Crippen LogP) is 4.00. The number of para-hydroxylation sites is 1. The van der Waals surface area contributed by atoms with Crippen LogP contribution in [-0.4, -0.2) is 16.2 Å². The Kier molecular flexibility index (Phi) is 3.81. The average Bonchev–Trinajstić information content (AvgIpc) is 2.89. The van der Waals surface area contributed by atoms with Crippen molar-refractivity contribution in [3.05, 3.63) is 65.2 Å². The van der Waals surface area contributed by atoms with Crippen LogP contribution in [0.3, 0.4) is 0 Å². The van der Waals surface area contributed by atoms with Gasteiger partial charge in [0.05, 0.1) is 21.3 Å². The molecule has 0 radical (unpaired) electrons. The predicted molar refractivity (Wildman–Crippen MR) is 84.2 cm³/mol. The van der Waals surface area contributed by atoms with E-state index in [1.54, 1.807) is 11.3 Å². The summed E-state index contributed by atoms with van der Waals surface area (Å²) in [7, 11) is 0. The van der Waals surface area contributed by atoms with Crippen LogP contribution in [0.5, 0.6) is 0 Å². The summed E-state index contributed by atoms with van der Waals surface area (Å²) >= 11 is 1.67. The number of hydrogen-bond acceptors (Lipinski definition) is 3. The van der Waals surface area contributed by atoms with Gasteiger partial charge in [-0.3, -0.25) is 0 Å². The summed E-state index contributed by atoms with van der Waals surface area (Å²) in [5.74, 6) is 0.114. The van der Waals surface area contributed by atoms with Crippen LogP contribution >= 0.6 is 11.3 Å². The molecule has 0 amide bonds. The molecule has 20 heavy (non-hydrogen) atoms. The average molecular weight is 283 g/mol. The molecule has 3 heteroatoms. The molecule has 2 unspecified atom stereocenters. The monoisotopic (exact) mass is 283 g/mol. The Balaban J connectivity index is 1.76. The van der Waals surface area contributed by atoms with E-state index in [-0.39, 0.29) is 5.92 Å². The van der Waals surface area contributed by atoms with Gasteiger partial charge in [0, 0.05) is 12.3 Å². The molecule has 3 rings (SSSR count). The number of fused-ring (bicyclic) bond motifs is 1. The summed E-state index contributed by atoms with van der Waals surface area (Å²) in [6.07, 6.45) is 0.202. The zero-order valence-electron chi connectivity index (χ0n) is 11.4. The first kappa shape index (κ1) is 13.3. The number of hydrogen-bond donors (Lipinski definition) is 1. The van der Waals surface area contributed by atoms with Crippen molar-refractivity contribution >= 4 is 21.6 Å². The first-order valence-corrected chi connectivity index (χ1v) is 7.63. The molecule has 2 nitrogen and oxygen atoms in total. The summed E-state index contributed by atoms with van der Waals surface area (Å²) < 4.78 is 1.18. The van der Waals surface area contributed by atoms with Gasteiger partial charge >= 0.3 is 0 Å². The van der Waals surface area contributed by atoms with Crippen LogP contribution in [-0.2, 0) is 6.42 Å². The van der Waals surface area contributed by atoms with Gasteiger partial charge in [0.1, 0.15) is 0 Å². The molecule has 102 valence electrons. The third kappa shape index (κ3) is 2.74. The SMILES string of the molecule is CC(c1ccccc1)C(O)Cc1nc2ccccc2s1. The second kappa shape index (κ2) is 5.73. The Morgan fingerprint density at radius 3 is 2.50 bits per heavy atom. The number of aliphatic hydroxyl groups excluding tert-OH is 1. The van der Waals surface area contributed by atoms with Crippen LogP contribution in [0.15, 0.2) is 54.6 Å². The van der Waals surface area contributed by atoms with Gasteiger partial charge < -0.3 is 5.11 Å². The van der Waals surface area contributed by atoms with Gasteiger partial charge in [0.15, 0.2) is 0 Å². The van der Waals surface area contributed by atoms with E-state index in [0.717, 1.165) is 10.5 Å². The summed E-state index contributed by atoms with van der Waals surface area (Å²) in [6.45, 7) is 2.06. The van der Waals surface area contributed by atoms with Crippen molar-refractivity contribution in [2.75, 3.05) is 0 Å². The highest BCUT2D eigenvalue weighted by atomic mass is 32.1. The fourth-order valence-corrected chi connectivity index (χ4v) is 3.36. The lowest BCUT2D eigenvalue weighted by atomic mass is 9.94. The number of aliphatic hydroxyl groups is 1. The Morgan fingerprint density at radius 1 is 1.05 bits per heavy atom. The zero-order chi connectivity index (χ0) is 13.9. The lowest BCUT2D eigenvalue weighted by Crippen LogP contribution is -2.18. The summed E-state index contributed by atoms with van der Waals surface area (Å²) in [4.78, 5) is 4.59. The normalized spacial score (nSPS) is 14.3. The van der Waals surface area contributed by atoms with Gasteiger partial charge in [-0.2, -0.15) is 0 Å². The van der Waals surface area contributed by atoms with Crippen LogP contribution in [0.1, 0.15) is 23.4 Å². The number of benzene rings is 2. The Bertz CT molecular complexity index is 659. The van der Waals surface area contributed by atoms with E-state index >= 15 is 0 Å². The summed E-state index contributed by atoms with van der Waals surface area (Å²) in [5, 5.41) is 11.4. The Morgan fingerprint density at radius 2 is 1.75 bits per heavy atom. The third-order valence-corrected chi connectivity index (χ3v) is 4.68. The molecule has 1 heterocycles. The largest absolute Gasteiger partial charge is 0.392 e. The van der Waals surface area contributed by atoms with Gasteiger partial charge in [-0.25, -0.2) is 4.98 Å². The van der Waals surface area contributed by atoms with Crippen molar-refractivity contribution in [1.29, 1.82) is 0 Å². The summed E-state index contributed by atoms with van der Waals surface area (Å²) in [5.41, 5.74) is 2.19. The first-order valence-electron chi connectivity index (χ1n) is 6.81. The molecule has 0 aliphatic heterocycles. The molecule has 0 aliphatic rings.